The molecule has 1 aromatic rings. The van der Waals surface area contributed by atoms with Crippen LogP contribution in [0.5, 0.6) is 0 Å². The fourth-order valence-corrected chi connectivity index (χ4v) is 2.09. The van der Waals surface area contributed by atoms with Gasteiger partial charge in [-0.1, -0.05) is 12.1 Å². The summed E-state index contributed by atoms with van der Waals surface area (Å²) in [5.74, 6) is 0. The Balaban J connectivity index is 2.83. The van der Waals surface area contributed by atoms with Crippen LogP contribution in [0.3, 0.4) is 0 Å². The van der Waals surface area contributed by atoms with E-state index in [0.29, 0.717) is 5.69 Å². The first-order valence-corrected chi connectivity index (χ1v) is 5.57. The van der Waals surface area contributed by atoms with Crippen LogP contribution >= 0.6 is 21.8 Å². The van der Waals surface area contributed by atoms with E-state index in [0.717, 1.165) is 15.9 Å². The molecule has 1 rings (SSSR count). The molecule has 6 heteroatoms. The number of aliphatic imine (C=N–C) groups is 1. The molecule has 0 aliphatic heterocycles. The molecule has 0 aromatic heterocycles. The SMILES string of the molecule is O=C=NSSc1ccccc1N=C=O. The number of isocyanates is 2. The van der Waals surface area contributed by atoms with Crippen molar-refractivity contribution in [3.63, 3.8) is 0 Å². The summed E-state index contributed by atoms with van der Waals surface area (Å²) in [7, 11) is 2.20. The molecule has 0 bridgehead atoms. The number of rotatable bonds is 4. The summed E-state index contributed by atoms with van der Waals surface area (Å²) < 4.78 is 3.30. The highest BCUT2D eigenvalue weighted by Crippen LogP contribution is 2.37. The van der Waals surface area contributed by atoms with Gasteiger partial charge >= 0.3 is 0 Å². The third kappa shape index (κ3) is 3.20. The fraction of sp³-hybridized carbons (Fsp3) is 0. The zero-order valence-electron chi connectivity index (χ0n) is 6.84. The Bertz CT molecular complexity index is 410. The largest absolute Gasteiger partial charge is 0.248 e. The predicted molar refractivity (Wildman–Crippen MR) is 55.8 cm³/mol. The summed E-state index contributed by atoms with van der Waals surface area (Å²) in [6.45, 7) is 0. The molecule has 0 N–H and O–H groups in total. The Morgan fingerprint density at radius 3 is 2.64 bits per heavy atom. The molecule has 0 saturated carbocycles. The number of benzene rings is 1. The van der Waals surface area contributed by atoms with Gasteiger partial charge in [0.15, 0.2) is 0 Å². The summed E-state index contributed by atoms with van der Waals surface area (Å²) in [6.07, 6.45) is 2.86. The first-order chi connectivity index (χ1) is 6.88. The van der Waals surface area contributed by atoms with Gasteiger partial charge in [0.2, 0.25) is 12.2 Å². The van der Waals surface area contributed by atoms with Crippen molar-refractivity contribution in [2.45, 2.75) is 4.90 Å². The summed E-state index contributed by atoms with van der Waals surface area (Å²) in [6, 6.07) is 7.01. The summed E-state index contributed by atoms with van der Waals surface area (Å²) in [5.41, 5.74) is 0.515. The molecular weight excluding hydrogens is 220 g/mol. The van der Waals surface area contributed by atoms with Gasteiger partial charge in [0.25, 0.3) is 0 Å². The Kier molecular flexibility index (Phi) is 4.75. The fourth-order valence-electron chi connectivity index (χ4n) is 0.743. The van der Waals surface area contributed by atoms with E-state index in [-0.39, 0.29) is 0 Å². The second-order valence-corrected chi connectivity index (χ2v) is 3.90. The van der Waals surface area contributed by atoms with E-state index in [1.54, 1.807) is 24.3 Å². The van der Waals surface area contributed by atoms with Gasteiger partial charge in [-0.2, -0.15) is 4.99 Å². The Labute approximate surface area is 88.1 Å². The number of nitrogens with zero attached hydrogens (tertiary/aromatic N) is 2. The van der Waals surface area contributed by atoms with Crippen LogP contribution in [0.4, 0.5) is 5.69 Å². The quantitative estimate of drug-likeness (QED) is 0.341. The molecule has 0 fully saturated rings. The zero-order valence-corrected chi connectivity index (χ0v) is 8.47. The van der Waals surface area contributed by atoms with Gasteiger partial charge in [-0.25, -0.2) is 9.59 Å². The standard InChI is InChI=1S/C8H4N2O2S2/c11-5-9-7-3-1-2-4-8(7)13-14-10-6-12/h1-4H. The van der Waals surface area contributed by atoms with E-state index >= 15 is 0 Å². The van der Waals surface area contributed by atoms with Crippen molar-refractivity contribution in [3.05, 3.63) is 24.3 Å². The molecule has 14 heavy (non-hydrogen) atoms. The van der Waals surface area contributed by atoms with Gasteiger partial charge < -0.3 is 0 Å². The maximum Gasteiger partial charge on any atom is 0.248 e. The van der Waals surface area contributed by atoms with Crippen molar-refractivity contribution in [2.75, 3.05) is 0 Å². The second-order valence-electron chi connectivity index (χ2n) is 2.01. The van der Waals surface area contributed by atoms with Crippen LogP contribution in [0.1, 0.15) is 0 Å². The number of hydrogen-bond acceptors (Lipinski definition) is 6. The predicted octanol–water partition coefficient (Wildman–Crippen LogP) is 2.65. The molecule has 0 spiro atoms. The van der Waals surface area contributed by atoms with Gasteiger partial charge in [-0.15, -0.1) is 4.40 Å². The van der Waals surface area contributed by atoms with Crippen molar-refractivity contribution < 1.29 is 9.59 Å². The average Bonchev–Trinajstić information content (AvgIpc) is 2.21. The Morgan fingerprint density at radius 2 is 1.93 bits per heavy atom. The highest BCUT2D eigenvalue weighted by molar-refractivity contribution is 8.76. The van der Waals surface area contributed by atoms with Crippen LogP contribution in [0.25, 0.3) is 0 Å². The summed E-state index contributed by atoms with van der Waals surface area (Å²) >= 11 is 0. The molecule has 0 unspecified atom stereocenters. The second kappa shape index (κ2) is 6.18. The van der Waals surface area contributed by atoms with E-state index in [2.05, 4.69) is 9.39 Å². The molecule has 0 radical (unpaired) electrons. The molecule has 4 nitrogen and oxygen atoms in total. The minimum absolute atomic E-state index is 0.515. The van der Waals surface area contributed by atoms with Crippen LogP contribution in [0.2, 0.25) is 0 Å². The van der Waals surface area contributed by atoms with Gasteiger partial charge in [-0.3, -0.25) is 0 Å². The Hall–Kier alpha value is -1.32. The normalized spacial score (nSPS) is 8.57. The molecular formula is C8H4N2O2S2. The molecule has 1 aromatic carbocycles. The maximum atomic E-state index is 10.1. The zero-order chi connectivity index (χ0) is 10.2. The molecule has 70 valence electrons. The van der Waals surface area contributed by atoms with Gasteiger partial charge in [-0.05, 0) is 22.9 Å². The van der Waals surface area contributed by atoms with Gasteiger partial charge in [0, 0.05) is 4.90 Å². The lowest BCUT2D eigenvalue weighted by Crippen LogP contribution is -1.69. The van der Waals surface area contributed by atoms with Crippen molar-refractivity contribution in [1.82, 2.24) is 0 Å². The van der Waals surface area contributed by atoms with Crippen molar-refractivity contribution in [2.24, 2.45) is 9.39 Å². The highest BCUT2D eigenvalue weighted by Gasteiger charge is 2.00. The lowest BCUT2D eigenvalue weighted by Gasteiger charge is -1.98. The van der Waals surface area contributed by atoms with E-state index in [1.165, 1.54) is 23.0 Å². The van der Waals surface area contributed by atoms with Gasteiger partial charge in [0.05, 0.1) is 16.7 Å². The van der Waals surface area contributed by atoms with Crippen LogP contribution in [-0.4, -0.2) is 12.2 Å². The van der Waals surface area contributed by atoms with Crippen LogP contribution in [-0.2, 0) is 9.59 Å². The first kappa shape index (κ1) is 10.8. The third-order valence-corrected chi connectivity index (χ3v) is 2.97. The minimum Gasteiger partial charge on any atom is -0.211 e. The monoisotopic (exact) mass is 224 g/mol. The van der Waals surface area contributed by atoms with Crippen LogP contribution in [0.15, 0.2) is 38.6 Å². The van der Waals surface area contributed by atoms with E-state index in [9.17, 15) is 9.59 Å². The van der Waals surface area contributed by atoms with E-state index < -0.39 is 0 Å². The van der Waals surface area contributed by atoms with Gasteiger partial charge in [0.1, 0.15) is 0 Å². The first-order valence-electron chi connectivity index (χ1n) is 3.46. The molecule has 0 atom stereocenters. The average molecular weight is 224 g/mol. The molecule has 0 aliphatic carbocycles. The lowest BCUT2D eigenvalue weighted by atomic mass is 10.3. The van der Waals surface area contributed by atoms with Crippen molar-refractivity contribution >= 4 is 39.6 Å². The van der Waals surface area contributed by atoms with Crippen molar-refractivity contribution in [1.29, 1.82) is 0 Å². The van der Waals surface area contributed by atoms with E-state index in [1.807, 2.05) is 0 Å². The number of para-hydroxylation sites is 1. The third-order valence-electron chi connectivity index (χ3n) is 1.23. The van der Waals surface area contributed by atoms with E-state index in [4.69, 9.17) is 0 Å². The molecule has 0 amide bonds. The number of hydrogen-bond donors (Lipinski definition) is 0. The maximum absolute atomic E-state index is 10.1. The van der Waals surface area contributed by atoms with Crippen LogP contribution < -0.4 is 0 Å². The van der Waals surface area contributed by atoms with Crippen molar-refractivity contribution in [3.8, 4) is 0 Å². The molecule has 0 aliphatic rings. The minimum atomic E-state index is 0.515. The smallest absolute Gasteiger partial charge is 0.211 e. The molecule has 0 saturated heterocycles. The highest BCUT2D eigenvalue weighted by atomic mass is 33.1. The summed E-state index contributed by atoms with van der Waals surface area (Å²) in [4.78, 5) is 24.1. The summed E-state index contributed by atoms with van der Waals surface area (Å²) in [5, 5.41) is 0. The lowest BCUT2D eigenvalue weighted by molar-refractivity contribution is 0.565. The topological polar surface area (TPSA) is 58.9 Å². The van der Waals surface area contributed by atoms with Crippen LogP contribution in [0, 0.1) is 0 Å². The Morgan fingerprint density at radius 1 is 1.14 bits per heavy atom. The number of carbonyl (C=O) groups excluding carboxylic acids is 2. The molecule has 0 heterocycles.